The first kappa shape index (κ1) is 16.7. The van der Waals surface area contributed by atoms with Crippen molar-refractivity contribution in [1.82, 2.24) is 0 Å². The highest BCUT2D eigenvalue weighted by molar-refractivity contribution is 5.41. The lowest BCUT2D eigenvalue weighted by molar-refractivity contribution is 0.0709. The van der Waals surface area contributed by atoms with Gasteiger partial charge in [0.05, 0.1) is 0 Å². The lowest BCUT2D eigenvalue weighted by Gasteiger charge is -2.36. The van der Waals surface area contributed by atoms with Crippen LogP contribution in [0.1, 0.15) is 69.9 Å². The molecule has 1 aromatic carbocycles. The first-order valence-electron chi connectivity index (χ1n) is 9.30. The molecule has 0 aromatic heterocycles. The number of halogens is 2. The fraction of sp³-hybridized carbons (Fsp3) is 0.700. The maximum absolute atomic E-state index is 14.3. The van der Waals surface area contributed by atoms with Gasteiger partial charge in [0.2, 0.25) is 5.82 Å². The van der Waals surface area contributed by atoms with E-state index in [0.717, 1.165) is 24.3 Å². The minimum atomic E-state index is -0.774. The summed E-state index contributed by atoms with van der Waals surface area (Å²) in [7, 11) is 0. The molecule has 3 rings (SSSR count). The summed E-state index contributed by atoms with van der Waals surface area (Å²) in [5.41, 5.74) is 1.31. The Morgan fingerprint density at radius 3 is 2.43 bits per heavy atom. The van der Waals surface area contributed by atoms with Crippen LogP contribution in [-0.2, 0) is 12.8 Å². The Balaban J connectivity index is 1.70. The van der Waals surface area contributed by atoms with Crippen LogP contribution in [0.4, 0.5) is 8.78 Å². The first-order chi connectivity index (χ1) is 11.1. The number of fused-ring (bicyclic) bond motifs is 1. The van der Waals surface area contributed by atoms with Crippen LogP contribution in [0.3, 0.4) is 0 Å². The SMILES string of the molecule is CCCC1CCC(C2CCc3cc(CC)c(F)c(F)c3O2)CC1. The third-order valence-corrected chi connectivity index (χ3v) is 5.78. The molecule has 0 spiro atoms. The van der Waals surface area contributed by atoms with Gasteiger partial charge < -0.3 is 4.74 Å². The van der Waals surface area contributed by atoms with Crippen molar-refractivity contribution in [2.45, 2.75) is 77.7 Å². The predicted octanol–water partition coefficient (Wildman–Crippen LogP) is 5.83. The molecule has 1 nitrogen and oxygen atoms in total. The molecule has 1 heterocycles. The van der Waals surface area contributed by atoms with Crippen LogP contribution in [-0.4, -0.2) is 6.10 Å². The Labute approximate surface area is 138 Å². The van der Waals surface area contributed by atoms with Crippen LogP contribution in [0.15, 0.2) is 6.07 Å². The van der Waals surface area contributed by atoms with Crippen molar-refractivity contribution in [3.63, 3.8) is 0 Å². The zero-order chi connectivity index (χ0) is 16.4. The van der Waals surface area contributed by atoms with Crippen molar-refractivity contribution in [1.29, 1.82) is 0 Å². The maximum atomic E-state index is 14.3. The average molecular weight is 322 g/mol. The van der Waals surface area contributed by atoms with E-state index < -0.39 is 11.6 Å². The Bertz CT molecular complexity index is 547. The van der Waals surface area contributed by atoms with Gasteiger partial charge in [0.1, 0.15) is 6.10 Å². The summed E-state index contributed by atoms with van der Waals surface area (Å²) in [6, 6.07) is 1.79. The largest absolute Gasteiger partial charge is 0.487 e. The van der Waals surface area contributed by atoms with Gasteiger partial charge in [-0.25, -0.2) is 4.39 Å². The minimum Gasteiger partial charge on any atom is -0.487 e. The summed E-state index contributed by atoms with van der Waals surface area (Å²) in [5.74, 6) is 0.0480. The van der Waals surface area contributed by atoms with E-state index in [9.17, 15) is 8.78 Å². The van der Waals surface area contributed by atoms with E-state index in [0.29, 0.717) is 17.9 Å². The predicted molar refractivity (Wildman–Crippen MR) is 88.8 cm³/mol. The molecule has 3 heteroatoms. The number of benzene rings is 1. The standard InChI is InChI=1S/C20H28F2O/c1-3-5-13-6-8-15(9-7-13)17-11-10-16-12-14(4-2)18(21)19(22)20(16)23-17/h12-13,15,17H,3-11H2,1-2H3. The minimum absolute atomic E-state index is 0.0615. The Morgan fingerprint density at radius 1 is 1.04 bits per heavy atom. The Morgan fingerprint density at radius 2 is 1.78 bits per heavy atom. The highest BCUT2D eigenvalue weighted by Gasteiger charge is 2.33. The maximum Gasteiger partial charge on any atom is 0.201 e. The van der Waals surface area contributed by atoms with Crippen molar-refractivity contribution in [3.8, 4) is 5.75 Å². The molecule has 0 N–H and O–H groups in total. The van der Waals surface area contributed by atoms with Gasteiger partial charge in [-0.1, -0.05) is 39.5 Å². The van der Waals surface area contributed by atoms with Crippen LogP contribution >= 0.6 is 0 Å². The summed E-state index contributed by atoms with van der Waals surface area (Å²) >= 11 is 0. The second kappa shape index (κ2) is 7.19. The van der Waals surface area contributed by atoms with E-state index >= 15 is 0 Å². The number of rotatable bonds is 4. The Hall–Kier alpha value is -1.12. The molecule has 1 unspecified atom stereocenters. The molecular formula is C20H28F2O. The molecule has 0 saturated heterocycles. The highest BCUT2D eigenvalue weighted by atomic mass is 19.2. The molecule has 0 amide bonds. The number of aryl methyl sites for hydroxylation is 2. The van der Waals surface area contributed by atoms with Crippen LogP contribution < -0.4 is 4.74 Å². The summed E-state index contributed by atoms with van der Waals surface area (Å²) < 4.78 is 34.3. The van der Waals surface area contributed by atoms with Gasteiger partial charge in [0.25, 0.3) is 0 Å². The monoisotopic (exact) mass is 322 g/mol. The molecule has 1 atom stereocenters. The zero-order valence-electron chi connectivity index (χ0n) is 14.3. The van der Waals surface area contributed by atoms with Gasteiger partial charge in [-0.05, 0) is 61.1 Å². The smallest absolute Gasteiger partial charge is 0.201 e. The van der Waals surface area contributed by atoms with Crippen LogP contribution in [0.25, 0.3) is 0 Å². The van der Waals surface area contributed by atoms with Crippen LogP contribution in [0.2, 0.25) is 0 Å². The molecular weight excluding hydrogens is 294 g/mol. The van der Waals surface area contributed by atoms with E-state index in [1.807, 2.05) is 6.92 Å². The fourth-order valence-corrected chi connectivity index (χ4v) is 4.39. The molecule has 2 aliphatic rings. The fourth-order valence-electron chi connectivity index (χ4n) is 4.39. The van der Waals surface area contributed by atoms with E-state index in [4.69, 9.17) is 4.74 Å². The van der Waals surface area contributed by atoms with Gasteiger partial charge in [-0.15, -0.1) is 0 Å². The molecule has 23 heavy (non-hydrogen) atoms. The van der Waals surface area contributed by atoms with Gasteiger partial charge in [0, 0.05) is 0 Å². The molecule has 1 saturated carbocycles. The summed E-state index contributed by atoms with van der Waals surface area (Å²) in [6.07, 6.45) is 9.75. The normalized spacial score (nSPS) is 27.4. The zero-order valence-corrected chi connectivity index (χ0v) is 14.3. The summed E-state index contributed by atoms with van der Waals surface area (Å²) in [4.78, 5) is 0. The molecule has 0 bridgehead atoms. The molecule has 128 valence electrons. The van der Waals surface area contributed by atoms with Crippen LogP contribution in [0, 0.1) is 23.5 Å². The van der Waals surface area contributed by atoms with E-state index in [1.54, 1.807) is 6.07 Å². The first-order valence-corrected chi connectivity index (χ1v) is 9.30. The molecule has 1 aliphatic heterocycles. The van der Waals surface area contributed by atoms with Crippen molar-refractivity contribution in [2.75, 3.05) is 0 Å². The molecule has 1 aliphatic carbocycles. The highest BCUT2D eigenvalue weighted by Crippen LogP contribution is 2.40. The van der Waals surface area contributed by atoms with E-state index in [1.165, 1.54) is 38.5 Å². The number of hydrogen-bond acceptors (Lipinski definition) is 1. The Kier molecular flexibility index (Phi) is 5.23. The molecule has 1 fully saturated rings. The molecule has 1 aromatic rings. The van der Waals surface area contributed by atoms with E-state index in [-0.39, 0.29) is 11.9 Å². The summed E-state index contributed by atoms with van der Waals surface area (Å²) in [5, 5.41) is 0. The third-order valence-electron chi connectivity index (χ3n) is 5.78. The lowest BCUT2D eigenvalue weighted by Crippen LogP contribution is -2.34. The van der Waals surface area contributed by atoms with Gasteiger partial charge in [0.15, 0.2) is 11.6 Å². The number of ether oxygens (including phenoxy) is 1. The average Bonchev–Trinajstić information content (AvgIpc) is 2.59. The van der Waals surface area contributed by atoms with Crippen molar-refractivity contribution < 1.29 is 13.5 Å². The van der Waals surface area contributed by atoms with Crippen molar-refractivity contribution in [3.05, 3.63) is 28.8 Å². The lowest BCUT2D eigenvalue weighted by atomic mass is 9.76. The number of hydrogen-bond donors (Lipinski definition) is 0. The summed E-state index contributed by atoms with van der Waals surface area (Å²) in [6.45, 7) is 4.10. The topological polar surface area (TPSA) is 9.23 Å². The van der Waals surface area contributed by atoms with Crippen molar-refractivity contribution >= 4 is 0 Å². The van der Waals surface area contributed by atoms with Gasteiger partial charge in [-0.3, -0.25) is 0 Å². The second-order valence-electron chi connectivity index (χ2n) is 7.27. The third kappa shape index (κ3) is 3.39. The van der Waals surface area contributed by atoms with Crippen molar-refractivity contribution in [2.24, 2.45) is 11.8 Å². The van der Waals surface area contributed by atoms with Gasteiger partial charge in [-0.2, -0.15) is 4.39 Å². The van der Waals surface area contributed by atoms with E-state index in [2.05, 4.69) is 6.92 Å². The quantitative estimate of drug-likeness (QED) is 0.678. The second-order valence-corrected chi connectivity index (χ2v) is 7.27. The van der Waals surface area contributed by atoms with Gasteiger partial charge >= 0.3 is 0 Å². The van der Waals surface area contributed by atoms with Crippen LogP contribution in [0.5, 0.6) is 5.75 Å². The molecule has 0 radical (unpaired) electrons.